The number of nitro groups is 1. The minimum absolute atomic E-state index is 0.0770. The maximum Gasteiger partial charge on any atom is 0.270 e. The molecule has 1 atom stereocenters. The van der Waals surface area contributed by atoms with Crippen LogP contribution in [0.3, 0.4) is 0 Å². The molecular formula is C24H25N3O7. The number of hydrogen-bond acceptors (Lipinski definition) is 7. The number of ether oxygens (including phenoxy) is 3. The number of fused-ring (bicyclic) bond motifs is 1. The van der Waals surface area contributed by atoms with E-state index in [1.165, 1.54) is 29.2 Å². The zero-order valence-corrected chi connectivity index (χ0v) is 18.5. The lowest BCUT2D eigenvalue weighted by Gasteiger charge is -2.41. The van der Waals surface area contributed by atoms with Crippen molar-refractivity contribution in [3.63, 3.8) is 0 Å². The third-order valence-electron chi connectivity index (χ3n) is 6.62. The summed E-state index contributed by atoms with van der Waals surface area (Å²) in [5, 5.41) is 14.1. The van der Waals surface area contributed by atoms with Gasteiger partial charge in [-0.2, -0.15) is 0 Å². The van der Waals surface area contributed by atoms with Crippen molar-refractivity contribution in [3.05, 3.63) is 63.7 Å². The lowest BCUT2D eigenvalue weighted by Crippen LogP contribution is -2.56. The van der Waals surface area contributed by atoms with Gasteiger partial charge in [0.15, 0.2) is 11.5 Å². The minimum Gasteiger partial charge on any atom is -0.454 e. The Morgan fingerprint density at radius 3 is 2.68 bits per heavy atom. The number of carbonyl (C=O) groups excluding carboxylic acids is 2. The maximum absolute atomic E-state index is 13.6. The Labute approximate surface area is 195 Å². The van der Waals surface area contributed by atoms with Crippen LogP contribution in [0.2, 0.25) is 0 Å². The SMILES string of the molecule is O=C(NCc1ccc2c(c1)OCO2)C1COC2(CCCCC2)N1C(=O)c1cccc([N+](=O)[O-])c1. The number of rotatable bonds is 5. The lowest BCUT2D eigenvalue weighted by atomic mass is 9.89. The summed E-state index contributed by atoms with van der Waals surface area (Å²) in [5.74, 6) is 0.511. The van der Waals surface area contributed by atoms with Crippen molar-refractivity contribution in [3.8, 4) is 11.5 Å². The van der Waals surface area contributed by atoms with E-state index in [1.54, 1.807) is 6.07 Å². The Kier molecular flexibility index (Phi) is 5.82. The third kappa shape index (κ3) is 4.05. The van der Waals surface area contributed by atoms with Gasteiger partial charge in [-0.1, -0.05) is 18.6 Å². The number of nitro benzene ring substituents is 1. The average molecular weight is 467 g/mol. The molecule has 1 saturated carbocycles. The molecule has 0 aromatic heterocycles. The predicted octanol–water partition coefficient (Wildman–Crippen LogP) is 3.14. The number of hydrogen-bond donors (Lipinski definition) is 1. The van der Waals surface area contributed by atoms with Crippen LogP contribution in [0.25, 0.3) is 0 Å². The van der Waals surface area contributed by atoms with Gasteiger partial charge in [0.25, 0.3) is 11.6 Å². The highest BCUT2D eigenvalue weighted by molar-refractivity contribution is 5.99. The van der Waals surface area contributed by atoms with Crippen LogP contribution < -0.4 is 14.8 Å². The highest BCUT2D eigenvalue weighted by Crippen LogP contribution is 2.41. The van der Waals surface area contributed by atoms with Gasteiger partial charge < -0.3 is 19.5 Å². The second kappa shape index (κ2) is 8.94. The molecule has 2 aromatic carbocycles. The molecule has 1 unspecified atom stereocenters. The van der Waals surface area contributed by atoms with Crippen molar-refractivity contribution in [2.24, 2.45) is 0 Å². The summed E-state index contributed by atoms with van der Waals surface area (Å²) in [6.45, 7) is 0.493. The summed E-state index contributed by atoms with van der Waals surface area (Å²) < 4.78 is 16.8. The fourth-order valence-electron chi connectivity index (χ4n) is 4.92. The molecule has 0 bridgehead atoms. The van der Waals surface area contributed by atoms with Gasteiger partial charge in [0, 0.05) is 24.2 Å². The molecule has 1 spiro atoms. The fourth-order valence-corrected chi connectivity index (χ4v) is 4.92. The summed E-state index contributed by atoms with van der Waals surface area (Å²) in [6, 6.07) is 10.2. The van der Waals surface area contributed by atoms with Crippen LogP contribution in [0.15, 0.2) is 42.5 Å². The van der Waals surface area contributed by atoms with Gasteiger partial charge in [-0.05, 0) is 49.4 Å². The van der Waals surface area contributed by atoms with E-state index in [1.807, 2.05) is 12.1 Å². The number of carbonyl (C=O) groups is 2. The highest BCUT2D eigenvalue weighted by Gasteiger charge is 2.53. The summed E-state index contributed by atoms with van der Waals surface area (Å²) in [5.41, 5.74) is -0.0492. The fraction of sp³-hybridized carbons (Fsp3) is 0.417. The summed E-state index contributed by atoms with van der Waals surface area (Å²) in [4.78, 5) is 39.1. The van der Waals surface area contributed by atoms with Gasteiger partial charge in [0.05, 0.1) is 11.5 Å². The zero-order chi connectivity index (χ0) is 23.7. The third-order valence-corrected chi connectivity index (χ3v) is 6.62. The molecule has 2 aliphatic heterocycles. The molecule has 10 nitrogen and oxygen atoms in total. The maximum atomic E-state index is 13.6. The first-order valence-corrected chi connectivity index (χ1v) is 11.4. The molecule has 2 heterocycles. The molecule has 5 rings (SSSR count). The van der Waals surface area contributed by atoms with E-state index in [0.717, 1.165) is 24.8 Å². The Hall–Kier alpha value is -3.66. The van der Waals surface area contributed by atoms with Crippen LogP contribution >= 0.6 is 0 Å². The summed E-state index contributed by atoms with van der Waals surface area (Å²) in [7, 11) is 0. The van der Waals surface area contributed by atoms with Crippen LogP contribution in [0.5, 0.6) is 11.5 Å². The van der Waals surface area contributed by atoms with Crippen molar-refractivity contribution < 1.29 is 28.7 Å². The molecule has 0 radical (unpaired) electrons. The number of nitrogens with one attached hydrogen (secondary N) is 1. The molecule has 10 heteroatoms. The number of amides is 2. The van der Waals surface area contributed by atoms with E-state index in [0.29, 0.717) is 24.3 Å². The van der Waals surface area contributed by atoms with Gasteiger partial charge in [0.1, 0.15) is 11.8 Å². The number of nitrogens with zero attached hydrogens (tertiary/aromatic N) is 2. The van der Waals surface area contributed by atoms with Gasteiger partial charge in [-0.25, -0.2) is 0 Å². The largest absolute Gasteiger partial charge is 0.454 e. The molecule has 3 aliphatic rings. The Morgan fingerprint density at radius 2 is 1.88 bits per heavy atom. The quantitative estimate of drug-likeness (QED) is 0.530. The smallest absolute Gasteiger partial charge is 0.270 e. The molecule has 34 heavy (non-hydrogen) atoms. The van der Waals surface area contributed by atoms with Gasteiger partial charge in [0.2, 0.25) is 12.7 Å². The van der Waals surface area contributed by atoms with E-state index in [-0.39, 0.29) is 37.1 Å². The van der Waals surface area contributed by atoms with Crippen LogP contribution in [-0.2, 0) is 16.1 Å². The standard InChI is InChI=1S/C24H25N3O7/c28-22(25-13-16-7-8-20-21(11-16)33-15-32-20)19-14-34-24(9-2-1-3-10-24)26(19)23(29)17-5-4-6-18(12-17)27(30)31/h4-8,11-12,19H,1-3,9-10,13-15H2,(H,25,28). The van der Waals surface area contributed by atoms with E-state index < -0.39 is 22.6 Å². The first-order valence-electron chi connectivity index (χ1n) is 11.4. The van der Waals surface area contributed by atoms with Crippen molar-refractivity contribution in [2.45, 2.75) is 50.4 Å². The van der Waals surface area contributed by atoms with Crippen LogP contribution in [-0.4, -0.2) is 46.8 Å². The number of non-ortho nitro benzene ring substituents is 1. The first-order chi connectivity index (χ1) is 16.5. The topological polar surface area (TPSA) is 120 Å². The van der Waals surface area contributed by atoms with Gasteiger partial charge in [-0.3, -0.25) is 24.6 Å². The minimum atomic E-state index is -0.874. The Morgan fingerprint density at radius 1 is 1.09 bits per heavy atom. The van der Waals surface area contributed by atoms with Crippen LogP contribution in [0, 0.1) is 10.1 Å². The van der Waals surface area contributed by atoms with E-state index in [2.05, 4.69) is 5.32 Å². The molecule has 1 saturated heterocycles. The molecular weight excluding hydrogens is 442 g/mol. The lowest BCUT2D eigenvalue weighted by molar-refractivity contribution is -0.384. The van der Waals surface area contributed by atoms with Gasteiger partial charge >= 0.3 is 0 Å². The molecule has 2 fully saturated rings. The zero-order valence-electron chi connectivity index (χ0n) is 18.5. The molecule has 2 amide bonds. The van der Waals surface area contributed by atoms with E-state index >= 15 is 0 Å². The van der Waals surface area contributed by atoms with Crippen molar-refractivity contribution in [1.29, 1.82) is 0 Å². The molecule has 1 N–H and O–H groups in total. The van der Waals surface area contributed by atoms with Gasteiger partial charge in [-0.15, -0.1) is 0 Å². The van der Waals surface area contributed by atoms with Crippen LogP contribution in [0.1, 0.15) is 48.0 Å². The second-order valence-corrected chi connectivity index (χ2v) is 8.72. The van der Waals surface area contributed by atoms with Crippen molar-refractivity contribution in [2.75, 3.05) is 13.4 Å². The summed E-state index contributed by atoms with van der Waals surface area (Å²) >= 11 is 0. The first kappa shape index (κ1) is 22.1. The normalized spacial score (nSPS) is 20.4. The van der Waals surface area contributed by atoms with Crippen molar-refractivity contribution in [1.82, 2.24) is 10.2 Å². The van der Waals surface area contributed by atoms with E-state index in [9.17, 15) is 19.7 Å². The number of benzene rings is 2. The predicted molar refractivity (Wildman–Crippen MR) is 119 cm³/mol. The summed E-state index contributed by atoms with van der Waals surface area (Å²) in [6.07, 6.45) is 4.04. The highest BCUT2D eigenvalue weighted by atomic mass is 16.7. The molecule has 2 aromatic rings. The Bertz CT molecular complexity index is 1130. The Balaban J connectivity index is 1.37. The van der Waals surface area contributed by atoms with Crippen LogP contribution in [0.4, 0.5) is 5.69 Å². The van der Waals surface area contributed by atoms with Crippen molar-refractivity contribution >= 4 is 17.5 Å². The second-order valence-electron chi connectivity index (χ2n) is 8.72. The molecule has 178 valence electrons. The average Bonchev–Trinajstić information content (AvgIpc) is 3.47. The molecule has 1 aliphatic carbocycles. The monoisotopic (exact) mass is 467 g/mol. The van der Waals surface area contributed by atoms with E-state index in [4.69, 9.17) is 14.2 Å².